The molecule has 2 rings (SSSR count). The van der Waals surface area contributed by atoms with Crippen LogP contribution in [-0.4, -0.2) is 58.9 Å². The minimum atomic E-state index is -0.722. The third-order valence-electron chi connectivity index (χ3n) is 4.63. The molecule has 2 saturated heterocycles. The molecule has 0 atom stereocenters. The van der Waals surface area contributed by atoms with Crippen molar-refractivity contribution < 1.29 is 43.2 Å². The molecule has 0 aromatic rings. The lowest BCUT2D eigenvalue weighted by molar-refractivity contribution is -0.200. The van der Waals surface area contributed by atoms with E-state index in [9.17, 15) is 28.8 Å². The molecule has 0 radical (unpaired) electrons. The average molecular weight is 440 g/mol. The van der Waals surface area contributed by atoms with Crippen LogP contribution in [0.4, 0.5) is 0 Å². The van der Waals surface area contributed by atoms with Gasteiger partial charge in [-0.05, 0) is 10.8 Å². The van der Waals surface area contributed by atoms with Crippen LogP contribution in [0.5, 0.6) is 0 Å². The van der Waals surface area contributed by atoms with Crippen LogP contribution in [0.15, 0.2) is 0 Å². The Bertz CT molecular complexity index is 692. The second-order valence-corrected chi connectivity index (χ2v) is 9.27. The zero-order valence-corrected chi connectivity index (χ0v) is 18.2. The summed E-state index contributed by atoms with van der Waals surface area (Å²) in [5.41, 5.74) is -1.32. The standard InChI is InChI=1S/C20H28N2O9/c1-19(2,9-17(27)30-21-13(23)5-6-14(21)24)11-29-12-20(3,4)10-18(28)31-22-15(25)7-8-16(22)26/h5-12H2,1-4H3. The number of hydrogen-bond donors (Lipinski definition) is 0. The third kappa shape index (κ3) is 7.12. The Labute approximate surface area is 179 Å². The minimum absolute atomic E-state index is 0.0240. The topological polar surface area (TPSA) is 137 Å². The molecule has 0 aliphatic carbocycles. The summed E-state index contributed by atoms with van der Waals surface area (Å²) in [4.78, 5) is 80.0. The molecule has 2 fully saturated rings. The summed E-state index contributed by atoms with van der Waals surface area (Å²) >= 11 is 0. The number of hydrogen-bond acceptors (Lipinski definition) is 9. The van der Waals surface area contributed by atoms with E-state index in [-0.39, 0.29) is 51.7 Å². The Morgan fingerprint density at radius 3 is 1.26 bits per heavy atom. The van der Waals surface area contributed by atoms with Gasteiger partial charge in [0.1, 0.15) is 0 Å². The van der Waals surface area contributed by atoms with Gasteiger partial charge in [0, 0.05) is 25.7 Å². The second kappa shape index (κ2) is 9.54. The average Bonchev–Trinajstić information content (AvgIpc) is 3.10. The Kier molecular flexibility index (Phi) is 7.53. The van der Waals surface area contributed by atoms with Gasteiger partial charge < -0.3 is 14.4 Å². The van der Waals surface area contributed by atoms with Crippen LogP contribution in [0.3, 0.4) is 0 Å². The van der Waals surface area contributed by atoms with Crippen LogP contribution in [0.25, 0.3) is 0 Å². The minimum Gasteiger partial charge on any atom is -0.380 e. The van der Waals surface area contributed by atoms with Gasteiger partial charge >= 0.3 is 11.9 Å². The molecule has 0 bridgehead atoms. The smallest absolute Gasteiger partial charge is 0.333 e. The van der Waals surface area contributed by atoms with Crippen molar-refractivity contribution in [2.45, 2.75) is 66.2 Å². The third-order valence-corrected chi connectivity index (χ3v) is 4.63. The number of carbonyl (C=O) groups excluding carboxylic acids is 6. The van der Waals surface area contributed by atoms with Crippen LogP contribution >= 0.6 is 0 Å². The van der Waals surface area contributed by atoms with Crippen molar-refractivity contribution in [3.8, 4) is 0 Å². The molecule has 0 spiro atoms. The molecule has 31 heavy (non-hydrogen) atoms. The molecule has 0 saturated carbocycles. The van der Waals surface area contributed by atoms with E-state index in [1.54, 1.807) is 27.7 Å². The summed E-state index contributed by atoms with van der Waals surface area (Å²) in [6, 6.07) is 0. The first-order valence-corrected chi connectivity index (χ1v) is 10.0. The van der Waals surface area contributed by atoms with E-state index in [2.05, 4.69) is 0 Å². The summed E-state index contributed by atoms with van der Waals surface area (Å²) in [5.74, 6) is -3.62. The van der Waals surface area contributed by atoms with Crippen molar-refractivity contribution in [2.75, 3.05) is 13.2 Å². The fourth-order valence-corrected chi connectivity index (χ4v) is 3.07. The first-order chi connectivity index (χ1) is 14.3. The van der Waals surface area contributed by atoms with Crippen LogP contribution in [0.1, 0.15) is 66.2 Å². The highest BCUT2D eigenvalue weighted by Crippen LogP contribution is 2.27. The number of imide groups is 2. The molecule has 11 nitrogen and oxygen atoms in total. The fourth-order valence-electron chi connectivity index (χ4n) is 3.07. The molecule has 0 aromatic carbocycles. The number of carbonyl (C=O) groups is 6. The molecule has 4 amide bonds. The molecular weight excluding hydrogens is 412 g/mol. The van der Waals surface area contributed by atoms with E-state index >= 15 is 0 Å². The highest BCUT2D eigenvalue weighted by molar-refractivity contribution is 6.02. The largest absolute Gasteiger partial charge is 0.380 e. The number of ether oxygens (including phenoxy) is 1. The second-order valence-electron chi connectivity index (χ2n) is 9.27. The van der Waals surface area contributed by atoms with Crippen LogP contribution in [0.2, 0.25) is 0 Å². The maximum absolute atomic E-state index is 12.1. The zero-order chi connectivity index (χ0) is 23.4. The lowest BCUT2D eigenvalue weighted by Crippen LogP contribution is -2.36. The lowest BCUT2D eigenvalue weighted by Gasteiger charge is -2.28. The number of amides is 4. The zero-order valence-electron chi connectivity index (χ0n) is 18.2. The van der Waals surface area contributed by atoms with Gasteiger partial charge in [-0.2, -0.15) is 0 Å². The quantitative estimate of drug-likeness (QED) is 0.456. The van der Waals surface area contributed by atoms with Crippen molar-refractivity contribution in [3.63, 3.8) is 0 Å². The lowest BCUT2D eigenvalue weighted by atomic mass is 9.89. The normalized spacial score (nSPS) is 17.5. The van der Waals surface area contributed by atoms with Gasteiger partial charge in [0.15, 0.2) is 0 Å². The molecular formula is C20H28N2O9. The molecule has 2 aliphatic rings. The van der Waals surface area contributed by atoms with E-state index < -0.39 is 46.4 Å². The molecule has 0 aromatic heterocycles. The molecule has 11 heteroatoms. The SMILES string of the molecule is CC(C)(COCC(C)(C)CC(=O)ON1C(=O)CCC1=O)CC(=O)ON1C(=O)CCC1=O. The Morgan fingerprint density at radius 2 is 0.968 bits per heavy atom. The first kappa shape index (κ1) is 24.4. The van der Waals surface area contributed by atoms with E-state index in [1.807, 2.05) is 0 Å². The Balaban J connectivity index is 1.75. The molecule has 0 unspecified atom stereocenters. The van der Waals surface area contributed by atoms with Crippen molar-refractivity contribution in [2.24, 2.45) is 10.8 Å². The van der Waals surface area contributed by atoms with Gasteiger partial charge in [-0.15, -0.1) is 10.1 Å². The maximum atomic E-state index is 12.1. The molecule has 0 N–H and O–H groups in total. The fraction of sp³-hybridized carbons (Fsp3) is 0.700. The first-order valence-electron chi connectivity index (χ1n) is 10.0. The summed E-state index contributed by atoms with van der Waals surface area (Å²) < 4.78 is 5.68. The molecule has 2 heterocycles. The van der Waals surface area contributed by atoms with Crippen LogP contribution < -0.4 is 0 Å². The van der Waals surface area contributed by atoms with Gasteiger partial charge in [0.25, 0.3) is 23.6 Å². The van der Waals surface area contributed by atoms with Gasteiger partial charge in [0.05, 0.1) is 26.1 Å². The van der Waals surface area contributed by atoms with Crippen molar-refractivity contribution in [1.29, 1.82) is 0 Å². The summed E-state index contributed by atoms with van der Waals surface area (Å²) in [7, 11) is 0. The Morgan fingerprint density at radius 1 is 0.677 bits per heavy atom. The van der Waals surface area contributed by atoms with Crippen molar-refractivity contribution >= 4 is 35.6 Å². The number of rotatable bonds is 10. The highest BCUT2D eigenvalue weighted by atomic mass is 16.7. The monoisotopic (exact) mass is 440 g/mol. The van der Waals surface area contributed by atoms with E-state index in [0.717, 1.165) is 0 Å². The van der Waals surface area contributed by atoms with Crippen LogP contribution in [0, 0.1) is 10.8 Å². The predicted octanol–water partition coefficient (Wildman–Crippen LogP) is 1.05. The Hall–Kier alpha value is -2.82. The summed E-state index contributed by atoms with van der Waals surface area (Å²) in [5, 5.41) is 1.01. The molecule has 2 aliphatic heterocycles. The van der Waals surface area contributed by atoms with Gasteiger partial charge in [0.2, 0.25) is 0 Å². The summed E-state index contributed by atoms with van der Waals surface area (Å²) in [6.07, 6.45) is -0.0870. The van der Waals surface area contributed by atoms with Gasteiger partial charge in [-0.3, -0.25) is 19.2 Å². The van der Waals surface area contributed by atoms with E-state index in [0.29, 0.717) is 10.1 Å². The van der Waals surface area contributed by atoms with Crippen molar-refractivity contribution in [1.82, 2.24) is 10.1 Å². The number of nitrogens with zero attached hydrogens (tertiary/aromatic N) is 2. The molecule has 172 valence electrons. The summed E-state index contributed by atoms with van der Waals surface area (Å²) in [6.45, 7) is 7.32. The van der Waals surface area contributed by atoms with Crippen LogP contribution in [-0.2, 0) is 43.2 Å². The highest BCUT2D eigenvalue weighted by Gasteiger charge is 2.36. The van der Waals surface area contributed by atoms with E-state index in [1.165, 1.54) is 0 Å². The predicted molar refractivity (Wildman–Crippen MR) is 102 cm³/mol. The van der Waals surface area contributed by atoms with E-state index in [4.69, 9.17) is 14.4 Å². The van der Waals surface area contributed by atoms with Gasteiger partial charge in [-0.1, -0.05) is 27.7 Å². The number of hydroxylamine groups is 4. The van der Waals surface area contributed by atoms with Gasteiger partial charge in [-0.25, -0.2) is 9.59 Å². The van der Waals surface area contributed by atoms with Crippen molar-refractivity contribution in [3.05, 3.63) is 0 Å². The maximum Gasteiger partial charge on any atom is 0.333 e.